The molecule has 3 N–H and O–H groups in total. The van der Waals surface area contributed by atoms with Crippen molar-refractivity contribution >= 4 is 5.91 Å². The topological polar surface area (TPSA) is 93.6 Å². The average Bonchev–Trinajstić information content (AvgIpc) is 3.44. The maximum atomic E-state index is 12.1. The van der Waals surface area contributed by atoms with Gasteiger partial charge in [-0.2, -0.15) is 5.26 Å². The lowest BCUT2D eigenvalue weighted by molar-refractivity contribution is 0.0948. The summed E-state index contributed by atoms with van der Waals surface area (Å²) in [5.74, 6) is -0.162. The van der Waals surface area contributed by atoms with Gasteiger partial charge in [-0.25, -0.2) is 4.98 Å². The summed E-state index contributed by atoms with van der Waals surface area (Å²) in [6.07, 6.45) is 20.7. The number of allylic oxidation sites excluding steroid dienone is 3. The molecule has 0 aromatic carbocycles. The van der Waals surface area contributed by atoms with Crippen LogP contribution in [0.5, 0.6) is 0 Å². The van der Waals surface area contributed by atoms with Crippen LogP contribution in [0.3, 0.4) is 0 Å². The summed E-state index contributed by atoms with van der Waals surface area (Å²) in [5, 5.41) is 14.9. The first-order chi connectivity index (χ1) is 14.5. The first-order valence-electron chi connectivity index (χ1n) is 11.0. The standard InChI is InChI=1S/C24H33N5O/c1-18(26-2)20(6-5-15-27-23(30)22-28-17-21(16-25)29-22)8-7-19-9-13-24(14-10-19)11-3-4-12-24/h5-6,8-9,17-18,26H,3-4,7,10-15H2,1-2H3,(H,27,30)(H,28,29)/b6-5-,20-8+. The van der Waals surface area contributed by atoms with Crippen molar-refractivity contribution in [1.29, 1.82) is 5.26 Å². The molecule has 1 atom stereocenters. The Morgan fingerprint density at radius 2 is 2.20 bits per heavy atom. The molecule has 1 fully saturated rings. The van der Waals surface area contributed by atoms with Crippen molar-refractivity contribution in [2.45, 2.75) is 64.3 Å². The predicted octanol–water partition coefficient (Wildman–Crippen LogP) is 4.16. The van der Waals surface area contributed by atoms with Gasteiger partial charge in [-0.05, 0) is 63.5 Å². The van der Waals surface area contributed by atoms with Crippen molar-refractivity contribution in [1.82, 2.24) is 20.6 Å². The number of hydrogen-bond acceptors (Lipinski definition) is 4. The first-order valence-corrected chi connectivity index (χ1v) is 11.0. The van der Waals surface area contributed by atoms with E-state index in [-0.39, 0.29) is 23.5 Å². The van der Waals surface area contributed by atoms with Gasteiger partial charge in [-0.15, -0.1) is 0 Å². The summed E-state index contributed by atoms with van der Waals surface area (Å²) >= 11 is 0. The van der Waals surface area contributed by atoms with Gasteiger partial charge in [0.15, 0.2) is 11.5 Å². The van der Waals surface area contributed by atoms with Crippen LogP contribution >= 0.6 is 0 Å². The van der Waals surface area contributed by atoms with Gasteiger partial charge in [0.2, 0.25) is 0 Å². The van der Waals surface area contributed by atoms with Crippen LogP contribution in [0.25, 0.3) is 0 Å². The summed E-state index contributed by atoms with van der Waals surface area (Å²) < 4.78 is 0. The van der Waals surface area contributed by atoms with E-state index in [2.05, 4.69) is 45.8 Å². The highest BCUT2D eigenvalue weighted by Gasteiger charge is 2.34. The average molecular weight is 408 g/mol. The molecule has 3 rings (SSSR count). The van der Waals surface area contributed by atoms with Gasteiger partial charge in [-0.3, -0.25) is 4.79 Å². The van der Waals surface area contributed by atoms with Crippen LogP contribution in [0.15, 0.2) is 41.6 Å². The third-order valence-corrected chi connectivity index (χ3v) is 6.60. The van der Waals surface area contributed by atoms with Crippen molar-refractivity contribution in [2.75, 3.05) is 13.6 Å². The number of carbonyl (C=O) groups excluding carboxylic acids is 1. The molecule has 1 saturated carbocycles. The number of rotatable bonds is 8. The first kappa shape index (κ1) is 22.0. The quantitative estimate of drug-likeness (QED) is 0.445. The number of aromatic nitrogens is 2. The number of carbonyl (C=O) groups is 1. The van der Waals surface area contributed by atoms with Crippen molar-refractivity contribution in [3.63, 3.8) is 0 Å². The summed E-state index contributed by atoms with van der Waals surface area (Å²) in [6, 6.07) is 2.14. The van der Waals surface area contributed by atoms with Crippen LogP contribution in [0, 0.1) is 16.7 Å². The molecule has 0 saturated heterocycles. The van der Waals surface area contributed by atoms with Crippen LogP contribution in [0.2, 0.25) is 0 Å². The van der Waals surface area contributed by atoms with Gasteiger partial charge >= 0.3 is 0 Å². The molecule has 1 aromatic rings. The molecule has 30 heavy (non-hydrogen) atoms. The minimum Gasteiger partial charge on any atom is -0.346 e. The fourth-order valence-electron chi connectivity index (χ4n) is 4.49. The number of aromatic amines is 1. The molecule has 6 heteroatoms. The van der Waals surface area contributed by atoms with E-state index in [1.165, 1.54) is 56.7 Å². The zero-order valence-electron chi connectivity index (χ0n) is 18.1. The Morgan fingerprint density at radius 1 is 1.40 bits per heavy atom. The molecule has 1 unspecified atom stereocenters. The summed E-state index contributed by atoms with van der Waals surface area (Å²) in [5.41, 5.74) is 3.60. The van der Waals surface area contributed by atoms with Crippen LogP contribution in [-0.2, 0) is 0 Å². The lowest BCUT2D eigenvalue weighted by Crippen LogP contribution is -2.25. The molecule has 1 spiro atoms. The molecule has 0 aliphatic heterocycles. The second-order valence-electron chi connectivity index (χ2n) is 8.55. The highest BCUT2D eigenvalue weighted by molar-refractivity contribution is 5.90. The van der Waals surface area contributed by atoms with Crippen LogP contribution in [-0.4, -0.2) is 35.5 Å². The monoisotopic (exact) mass is 407 g/mol. The van der Waals surface area contributed by atoms with Crippen molar-refractivity contribution in [2.24, 2.45) is 5.41 Å². The molecule has 160 valence electrons. The number of nitriles is 1. The third kappa shape index (κ3) is 5.70. The summed E-state index contributed by atoms with van der Waals surface area (Å²) in [7, 11) is 1.96. The molecule has 2 aliphatic rings. The van der Waals surface area contributed by atoms with Crippen LogP contribution in [0.4, 0.5) is 0 Å². The van der Waals surface area contributed by atoms with Crippen molar-refractivity contribution in [3.8, 4) is 6.07 Å². The third-order valence-electron chi connectivity index (χ3n) is 6.60. The predicted molar refractivity (Wildman–Crippen MR) is 119 cm³/mol. The fraction of sp³-hybridized carbons (Fsp3) is 0.542. The van der Waals surface area contributed by atoms with E-state index in [0.717, 1.165) is 6.42 Å². The molecule has 0 bridgehead atoms. The van der Waals surface area contributed by atoms with Crippen LogP contribution in [0.1, 0.15) is 74.6 Å². The Labute approximate surface area is 179 Å². The summed E-state index contributed by atoms with van der Waals surface area (Å²) in [4.78, 5) is 18.7. The number of imidazole rings is 1. The molecule has 1 amide bonds. The van der Waals surface area contributed by atoms with Gasteiger partial charge < -0.3 is 15.6 Å². The SMILES string of the molecule is CNC(C)C(/C=C\CNC(=O)c1nc(C#N)c[nH]1)=C/CC1=CCC2(CCCC2)CC1. The minimum atomic E-state index is -0.318. The van der Waals surface area contributed by atoms with Gasteiger partial charge in [0.1, 0.15) is 6.07 Å². The van der Waals surface area contributed by atoms with Gasteiger partial charge in [0, 0.05) is 18.8 Å². The number of amides is 1. The fourth-order valence-corrected chi connectivity index (χ4v) is 4.49. The van der Waals surface area contributed by atoms with Gasteiger partial charge in [0.25, 0.3) is 5.91 Å². The molecule has 1 aromatic heterocycles. The Balaban J connectivity index is 1.53. The minimum absolute atomic E-state index is 0.156. The Hall–Kier alpha value is -2.65. The highest BCUT2D eigenvalue weighted by Crippen LogP contribution is 2.48. The maximum absolute atomic E-state index is 12.1. The van der Waals surface area contributed by atoms with E-state index in [1.807, 2.05) is 19.2 Å². The van der Waals surface area contributed by atoms with Gasteiger partial charge in [0.05, 0.1) is 0 Å². The number of hydrogen-bond donors (Lipinski definition) is 3. The lowest BCUT2D eigenvalue weighted by Gasteiger charge is -2.32. The second kappa shape index (κ2) is 10.4. The molecule has 1 heterocycles. The van der Waals surface area contributed by atoms with Gasteiger partial charge in [-0.1, -0.05) is 42.7 Å². The highest BCUT2D eigenvalue weighted by atomic mass is 16.2. The van der Waals surface area contributed by atoms with E-state index >= 15 is 0 Å². The number of likely N-dealkylation sites (N-methyl/N-ethyl adjacent to an activating group) is 1. The number of nitrogens with zero attached hydrogens (tertiary/aromatic N) is 2. The van der Waals surface area contributed by atoms with Crippen LogP contribution < -0.4 is 10.6 Å². The normalized spacial score (nSPS) is 19.6. The van der Waals surface area contributed by atoms with E-state index in [0.29, 0.717) is 12.0 Å². The zero-order valence-corrected chi connectivity index (χ0v) is 18.1. The van der Waals surface area contributed by atoms with Crippen molar-refractivity contribution < 1.29 is 4.79 Å². The second-order valence-corrected chi connectivity index (χ2v) is 8.55. The lowest BCUT2D eigenvalue weighted by atomic mass is 9.73. The molecule has 0 radical (unpaired) electrons. The number of H-pyrrole nitrogens is 1. The smallest absolute Gasteiger partial charge is 0.287 e. The molecule has 2 aliphatic carbocycles. The van der Waals surface area contributed by atoms with Crippen molar-refractivity contribution in [3.05, 3.63) is 53.2 Å². The Kier molecular flexibility index (Phi) is 7.64. The summed E-state index contributed by atoms with van der Waals surface area (Å²) in [6.45, 7) is 2.55. The largest absolute Gasteiger partial charge is 0.346 e. The Morgan fingerprint density at radius 3 is 2.83 bits per heavy atom. The van der Waals surface area contributed by atoms with E-state index in [1.54, 1.807) is 5.57 Å². The Bertz CT molecular complexity index is 864. The molecule has 6 nitrogen and oxygen atoms in total. The van der Waals surface area contributed by atoms with E-state index in [9.17, 15) is 4.79 Å². The number of nitrogens with one attached hydrogen (secondary N) is 3. The maximum Gasteiger partial charge on any atom is 0.287 e. The van der Waals surface area contributed by atoms with E-state index in [4.69, 9.17) is 5.26 Å². The van der Waals surface area contributed by atoms with E-state index < -0.39 is 0 Å². The zero-order chi connectivity index (χ0) is 21.4. The molecular formula is C24H33N5O. The molecular weight excluding hydrogens is 374 g/mol.